The van der Waals surface area contributed by atoms with Crippen molar-refractivity contribution in [2.24, 2.45) is 7.05 Å². The lowest BCUT2D eigenvalue weighted by atomic mass is 10.3. The summed E-state index contributed by atoms with van der Waals surface area (Å²) in [6.45, 7) is 2.04. The molecule has 0 saturated carbocycles. The summed E-state index contributed by atoms with van der Waals surface area (Å²) in [5, 5.41) is 5.81. The second-order valence-corrected chi connectivity index (χ2v) is 5.25. The van der Waals surface area contributed by atoms with E-state index < -0.39 is 0 Å². The standard InChI is InChI=1S/C14H13BrN3/c1-10-13-4-3-9-17(2)14(13)18(16-10)12-7-5-11(15)6-8-12/h3-9H,1-2H3/q+1. The summed E-state index contributed by atoms with van der Waals surface area (Å²) in [6.07, 6.45) is 2.04. The molecule has 0 atom stereocenters. The molecule has 0 saturated heterocycles. The summed E-state index contributed by atoms with van der Waals surface area (Å²) in [5.74, 6) is 0. The monoisotopic (exact) mass is 302 g/mol. The summed E-state index contributed by atoms with van der Waals surface area (Å²) in [5.41, 5.74) is 3.22. The zero-order chi connectivity index (χ0) is 12.7. The second-order valence-electron chi connectivity index (χ2n) is 4.33. The van der Waals surface area contributed by atoms with Gasteiger partial charge in [0.2, 0.25) is 0 Å². The van der Waals surface area contributed by atoms with E-state index in [0.29, 0.717) is 0 Å². The van der Waals surface area contributed by atoms with Crippen LogP contribution in [0, 0.1) is 6.92 Å². The van der Waals surface area contributed by atoms with E-state index in [2.05, 4.69) is 43.8 Å². The number of aryl methyl sites for hydroxylation is 2. The van der Waals surface area contributed by atoms with E-state index in [1.165, 1.54) is 5.39 Å². The van der Waals surface area contributed by atoms with Crippen LogP contribution in [0.4, 0.5) is 0 Å². The highest BCUT2D eigenvalue weighted by molar-refractivity contribution is 9.10. The number of hydrogen-bond donors (Lipinski definition) is 0. The van der Waals surface area contributed by atoms with Gasteiger partial charge in [0.15, 0.2) is 5.69 Å². The molecule has 0 aliphatic heterocycles. The van der Waals surface area contributed by atoms with E-state index >= 15 is 0 Å². The van der Waals surface area contributed by atoms with Crippen LogP contribution in [0.2, 0.25) is 0 Å². The lowest BCUT2D eigenvalue weighted by molar-refractivity contribution is -0.647. The third-order valence-electron chi connectivity index (χ3n) is 3.06. The maximum Gasteiger partial charge on any atom is 0.316 e. The predicted octanol–water partition coefficient (Wildman–Crippen LogP) is 2.92. The molecule has 3 aromatic rings. The first-order valence-corrected chi connectivity index (χ1v) is 6.56. The topological polar surface area (TPSA) is 21.7 Å². The van der Waals surface area contributed by atoms with Crippen LogP contribution in [0.3, 0.4) is 0 Å². The van der Waals surface area contributed by atoms with Crippen molar-refractivity contribution in [3.63, 3.8) is 0 Å². The zero-order valence-corrected chi connectivity index (χ0v) is 11.8. The van der Waals surface area contributed by atoms with Crippen LogP contribution in [0.15, 0.2) is 47.1 Å². The van der Waals surface area contributed by atoms with Gasteiger partial charge in [-0.05, 0) is 43.3 Å². The Kier molecular flexibility index (Phi) is 2.67. The molecule has 90 valence electrons. The summed E-state index contributed by atoms with van der Waals surface area (Å²) in [6, 6.07) is 12.3. The van der Waals surface area contributed by atoms with E-state index in [4.69, 9.17) is 0 Å². The first-order chi connectivity index (χ1) is 8.66. The van der Waals surface area contributed by atoms with Crippen molar-refractivity contribution in [2.75, 3.05) is 0 Å². The van der Waals surface area contributed by atoms with Crippen LogP contribution >= 0.6 is 15.9 Å². The van der Waals surface area contributed by atoms with E-state index in [9.17, 15) is 0 Å². The Balaban J connectivity index is 2.32. The molecule has 0 aliphatic rings. The van der Waals surface area contributed by atoms with Crippen LogP contribution in [-0.2, 0) is 7.05 Å². The van der Waals surface area contributed by atoms with E-state index in [0.717, 1.165) is 21.5 Å². The van der Waals surface area contributed by atoms with Gasteiger partial charge in [0.25, 0.3) is 0 Å². The Labute approximate surface area is 114 Å². The highest BCUT2D eigenvalue weighted by atomic mass is 79.9. The van der Waals surface area contributed by atoms with Gasteiger partial charge < -0.3 is 0 Å². The number of pyridine rings is 1. The van der Waals surface area contributed by atoms with Crippen LogP contribution in [0.1, 0.15) is 5.69 Å². The highest BCUT2D eigenvalue weighted by Crippen LogP contribution is 2.19. The smallest absolute Gasteiger partial charge is 0.234 e. The molecule has 1 aromatic carbocycles. The van der Waals surface area contributed by atoms with Crippen molar-refractivity contribution in [1.29, 1.82) is 0 Å². The summed E-state index contributed by atoms with van der Waals surface area (Å²) in [4.78, 5) is 0. The Morgan fingerprint density at radius 3 is 2.61 bits per heavy atom. The van der Waals surface area contributed by atoms with Gasteiger partial charge in [-0.1, -0.05) is 25.7 Å². The molecule has 0 aliphatic carbocycles. The molecule has 0 fully saturated rings. The third kappa shape index (κ3) is 1.73. The van der Waals surface area contributed by atoms with Gasteiger partial charge in [-0.25, -0.2) is 4.57 Å². The number of benzene rings is 1. The third-order valence-corrected chi connectivity index (χ3v) is 3.59. The molecule has 0 N–H and O–H groups in total. The van der Waals surface area contributed by atoms with Gasteiger partial charge >= 0.3 is 5.65 Å². The normalized spacial score (nSPS) is 11.1. The van der Waals surface area contributed by atoms with E-state index in [1.54, 1.807) is 0 Å². The van der Waals surface area contributed by atoms with Gasteiger partial charge in [0.05, 0.1) is 24.3 Å². The molecule has 0 bridgehead atoms. The molecule has 0 unspecified atom stereocenters. The first-order valence-electron chi connectivity index (χ1n) is 5.77. The molecule has 3 rings (SSSR count). The number of rotatable bonds is 1. The average Bonchev–Trinajstić information content (AvgIpc) is 2.70. The van der Waals surface area contributed by atoms with Crippen molar-refractivity contribution < 1.29 is 4.57 Å². The molecule has 2 aromatic heterocycles. The second kappa shape index (κ2) is 4.21. The van der Waals surface area contributed by atoms with Crippen LogP contribution in [-0.4, -0.2) is 9.78 Å². The molecule has 4 heteroatoms. The number of hydrogen-bond acceptors (Lipinski definition) is 1. The first kappa shape index (κ1) is 11.4. The molecular formula is C14H13BrN3+. The fraction of sp³-hybridized carbons (Fsp3) is 0.143. The minimum Gasteiger partial charge on any atom is -0.234 e. The average molecular weight is 303 g/mol. The number of nitrogens with zero attached hydrogens (tertiary/aromatic N) is 3. The van der Waals surface area contributed by atoms with E-state index in [1.807, 2.05) is 43.0 Å². The van der Waals surface area contributed by atoms with Gasteiger partial charge in [-0.3, -0.25) is 0 Å². The Morgan fingerprint density at radius 1 is 1.17 bits per heavy atom. The minimum atomic E-state index is 1.05. The van der Waals surface area contributed by atoms with Gasteiger partial charge in [-0.2, -0.15) is 0 Å². The molecule has 0 radical (unpaired) electrons. The van der Waals surface area contributed by atoms with Crippen molar-refractivity contribution in [2.45, 2.75) is 6.92 Å². The summed E-state index contributed by atoms with van der Waals surface area (Å²) in [7, 11) is 2.04. The van der Waals surface area contributed by atoms with Crippen LogP contribution < -0.4 is 4.57 Å². The molecule has 18 heavy (non-hydrogen) atoms. The minimum absolute atomic E-state index is 1.05. The maximum atomic E-state index is 4.63. The molecule has 2 heterocycles. The van der Waals surface area contributed by atoms with Gasteiger partial charge in [0.1, 0.15) is 0 Å². The van der Waals surface area contributed by atoms with Crippen LogP contribution in [0.25, 0.3) is 16.7 Å². The SMILES string of the molecule is Cc1nn(-c2ccc(Br)cc2)c2c1ccc[n+]2C. The van der Waals surface area contributed by atoms with Crippen LogP contribution in [0.5, 0.6) is 0 Å². The lowest BCUT2D eigenvalue weighted by Crippen LogP contribution is -2.30. The fourth-order valence-corrected chi connectivity index (χ4v) is 2.43. The molecular weight excluding hydrogens is 290 g/mol. The number of fused-ring (bicyclic) bond motifs is 1. The van der Waals surface area contributed by atoms with Crippen molar-refractivity contribution in [3.8, 4) is 5.69 Å². The molecule has 0 spiro atoms. The van der Waals surface area contributed by atoms with Gasteiger partial charge in [-0.15, -0.1) is 0 Å². The van der Waals surface area contributed by atoms with E-state index in [-0.39, 0.29) is 0 Å². The fourth-order valence-electron chi connectivity index (χ4n) is 2.16. The summed E-state index contributed by atoms with van der Waals surface area (Å²) < 4.78 is 5.15. The lowest BCUT2D eigenvalue weighted by Gasteiger charge is -1.98. The van der Waals surface area contributed by atoms with Gasteiger partial charge in [0, 0.05) is 4.47 Å². The largest absolute Gasteiger partial charge is 0.316 e. The van der Waals surface area contributed by atoms with Crippen molar-refractivity contribution >= 4 is 27.0 Å². The number of halogens is 1. The Morgan fingerprint density at radius 2 is 1.89 bits per heavy atom. The zero-order valence-electron chi connectivity index (χ0n) is 10.3. The summed E-state index contributed by atoms with van der Waals surface area (Å²) >= 11 is 3.45. The Hall–Kier alpha value is -1.68. The maximum absolute atomic E-state index is 4.63. The number of aromatic nitrogens is 3. The highest BCUT2D eigenvalue weighted by Gasteiger charge is 2.18. The predicted molar refractivity (Wildman–Crippen MR) is 74.7 cm³/mol. The molecule has 3 nitrogen and oxygen atoms in total. The molecule has 0 amide bonds. The quantitative estimate of drug-likeness (QED) is 0.634. The van der Waals surface area contributed by atoms with Crippen molar-refractivity contribution in [1.82, 2.24) is 9.78 Å². The van der Waals surface area contributed by atoms with Crippen molar-refractivity contribution in [3.05, 3.63) is 52.8 Å². The Bertz CT molecular complexity index is 714.